The zero-order chi connectivity index (χ0) is 19.3. The van der Waals surface area contributed by atoms with Crippen molar-refractivity contribution < 1.29 is 19.1 Å². The van der Waals surface area contributed by atoms with Crippen LogP contribution in [-0.2, 0) is 4.79 Å². The normalized spacial score (nSPS) is 11.9. The highest BCUT2D eigenvalue weighted by molar-refractivity contribution is 7.10. The second-order valence-electron chi connectivity index (χ2n) is 5.96. The largest absolute Gasteiger partial charge is 0.493 e. The number of nitrogens with two attached hydrogens (primary N) is 1. The van der Waals surface area contributed by atoms with E-state index in [1.807, 2.05) is 31.4 Å². The highest BCUT2D eigenvalue weighted by Crippen LogP contribution is 2.36. The maximum Gasteiger partial charge on any atom is 0.255 e. The van der Waals surface area contributed by atoms with E-state index in [2.05, 4.69) is 5.32 Å². The van der Waals surface area contributed by atoms with Crippen molar-refractivity contribution >= 4 is 34.8 Å². The molecule has 0 bridgehead atoms. The van der Waals surface area contributed by atoms with E-state index in [0.717, 1.165) is 4.88 Å². The topological polar surface area (TPSA) is 90.7 Å². The smallest absolute Gasteiger partial charge is 0.255 e. The van der Waals surface area contributed by atoms with Crippen LogP contribution in [0.2, 0.25) is 5.02 Å². The van der Waals surface area contributed by atoms with Crippen molar-refractivity contribution in [3.8, 4) is 11.5 Å². The minimum Gasteiger partial charge on any atom is -0.493 e. The minimum atomic E-state index is -0.638. The maximum absolute atomic E-state index is 12.7. The summed E-state index contributed by atoms with van der Waals surface area (Å²) in [5, 5.41) is 5.16. The maximum atomic E-state index is 12.7. The molecule has 1 unspecified atom stereocenters. The van der Waals surface area contributed by atoms with E-state index in [1.54, 1.807) is 11.3 Å². The highest BCUT2D eigenvalue weighted by atomic mass is 35.5. The molecule has 1 aromatic heterocycles. The molecule has 1 atom stereocenters. The Bertz CT molecular complexity index is 778. The van der Waals surface area contributed by atoms with Gasteiger partial charge in [-0.15, -0.1) is 11.3 Å². The van der Waals surface area contributed by atoms with Crippen LogP contribution in [0, 0.1) is 5.92 Å². The number of carbonyl (C=O) groups excluding carboxylic acids is 2. The van der Waals surface area contributed by atoms with Crippen LogP contribution in [0.15, 0.2) is 29.6 Å². The fourth-order valence-electron chi connectivity index (χ4n) is 2.39. The summed E-state index contributed by atoms with van der Waals surface area (Å²) in [4.78, 5) is 24.7. The molecule has 0 fully saturated rings. The van der Waals surface area contributed by atoms with Gasteiger partial charge in [0.15, 0.2) is 18.1 Å². The third-order valence-corrected chi connectivity index (χ3v) is 4.89. The standard InChI is InChI=1S/C18H21ClN2O4S/c1-10(2)16(14-5-4-6-26-14)21-18(23)11-7-12(19)17(13(8-11)24-3)25-9-15(20)22/h4-8,10,16H,9H2,1-3H3,(H2,20,22)(H,21,23). The lowest BCUT2D eigenvalue weighted by Gasteiger charge is -2.22. The van der Waals surface area contributed by atoms with Gasteiger partial charge in [0.25, 0.3) is 11.8 Å². The van der Waals surface area contributed by atoms with Gasteiger partial charge < -0.3 is 20.5 Å². The summed E-state index contributed by atoms with van der Waals surface area (Å²) in [6.45, 7) is 3.74. The van der Waals surface area contributed by atoms with Crippen molar-refractivity contribution in [1.82, 2.24) is 5.32 Å². The lowest BCUT2D eigenvalue weighted by molar-refractivity contribution is -0.119. The molecule has 0 saturated heterocycles. The molecule has 2 aromatic rings. The average Bonchev–Trinajstić information content (AvgIpc) is 3.11. The average molecular weight is 397 g/mol. The number of methoxy groups -OCH3 is 1. The predicted octanol–water partition coefficient (Wildman–Crippen LogP) is 3.40. The van der Waals surface area contributed by atoms with Gasteiger partial charge in [0.05, 0.1) is 18.2 Å². The van der Waals surface area contributed by atoms with Crippen molar-refractivity contribution in [1.29, 1.82) is 0 Å². The van der Waals surface area contributed by atoms with E-state index < -0.39 is 5.91 Å². The molecule has 6 nitrogen and oxygen atoms in total. The van der Waals surface area contributed by atoms with Gasteiger partial charge in [-0.1, -0.05) is 31.5 Å². The molecule has 2 rings (SSSR count). The number of thiophene rings is 1. The van der Waals surface area contributed by atoms with E-state index in [4.69, 9.17) is 26.8 Å². The molecule has 0 aliphatic heterocycles. The lowest BCUT2D eigenvalue weighted by Crippen LogP contribution is -2.31. The van der Waals surface area contributed by atoms with Gasteiger partial charge in [-0.05, 0) is 29.5 Å². The monoisotopic (exact) mass is 396 g/mol. The van der Waals surface area contributed by atoms with E-state index in [9.17, 15) is 9.59 Å². The summed E-state index contributed by atoms with van der Waals surface area (Å²) >= 11 is 7.79. The van der Waals surface area contributed by atoms with Gasteiger partial charge >= 0.3 is 0 Å². The second-order valence-corrected chi connectivity index (χ2v) is 7.34. The Balaban J connectivity index is 2.25. The van der Waals surface area contributed by atoms with E-state index in [-0.39, 0.29) is 41.0 Å². The van der Waals surface area contributed by atoms with Gasteiger partial charge in [-0.3, -0.25) is 9.59 Å². The molecule has 140 valence electrons. The van der Waals surface area contributed by atoms with Crippen molar-refractivity contribution in [2.45, 2.75) is 19.9 Å². The summed E-state index contributed by atoms with van der Waals surface area (Å²) in [7, 11) is 1.42. The van der Waals surface area contributed by atoms with Gasteiger partial charge in [-0.25, -0.2) is 0 Å². The van der Waals surface area contributed by atoms with E-state index in [1.165, 1.54) is 19.2 Å². The Kier molecular flexibility index (Phi) is 6.88. The quantitative estimate of drug-likeness (QED) is 0.715. The number of carbonyl (C=O) groups is 2. The first kappa shape index (κ1) is 20.1. The molecule has 0 radical (unpaired) electrons. The molecule has 0 aliphatic rings. The Hall–Kier alpha value is -2.25. The van der Waals surface area contributed by atoms with Crippen LogP contribution in [0.3, 0.4) is 0 Å². The summed E-state index contributed by atoms with van der Waals surface area (Å²) < 4.78 is 10.5. The Labute approximate surface area is 161 Å². The number of halogens is 1. The molecule has 1 heterocycles. The molecule has 0 spiro atoms. The predicted molar refractivity (Wildman–Crippen MR) is 102 cm³/mol. The number of primary amides is 1. The summed E-state index contributed by atoms with van der Waals surface area (Å²) in [5.41, 5.74) is 5.41. The van der Waals surface area contributed by atoms with Gasteiger partial charge in [0.1, 0.15) is 0 Å². The Morgan fingerprint density at radius 2 is 2.08 bits per heavy atom. The molecule has 0 aliphatic carbocycles. The number of hydrogen-bond donors (Lipinski definition) is 2. The molecule has 8 heteroatoms. The van der Waals surface area contributed by atoms with Crippen molar-refractivity contribution in [2.24, 2.45) is 11.7 Å². The van der Waals surface area contributed by atoms with Crippen LogP contribution in [0.25, 0.3) is 0 Å². The fourth-order valence-corrected chi connectivity index (χ4v) is 3.61. The number of benzene rings is 1. The Morgan fingerprint density at radius 1 is 1.35 bits per heavy atom. The van der Waals surface area contributed by atoms with Crippen LogP contribution in [-0.4, -0.2) is 25.5 Å². The number of hydrogen-bond acceptors (Lipinski definition) is 5. The minimum absolute atomic E-state index is 0.113. The van der Waals surface area contributed by atoms with Crippen LogP contribution in [0.5, 0.6) is 11.5 Å². The fraction of sp³-hybridized carbons (Fsp3) is 0.333. The summed E-state index contributed by atoms with van der Waals surface area (Å²) in [6.07, 6.45) is 0. The lowest BCUT2D eigenvalue weighted by atomic mass is 10.0. The number of nitrogens with one attached hydrogen (secondary N) is 1. The van der Waals surface area contributed by atoms with Crippen molar-refractivity contribution in [2.75, 3.05) is 13.7 Å². The van der Waals surface area contributed by atoms with Gasteiger partial charge in [0.2, 0.25) is 0 Å². The van der Waals surface area contributed by atoms with Crippen LogP contribution >= 0.6 is 22.9 Å². The first-order chi connectivity index (χ1) is 12.3. The first-order valence-electron chi connectivity index (χ1n) is 7.96. The Morgan fingerprint density at radius 3 is 2.62 bits per heavy atom. The highest BCUT2D eigenvalue weighted by Gasteiger charge is 2.22. The molecule has 2 amide bonds. The van der Waals surface area contributed by atoms with Crippen LogP contribution < -0.4 is 20.5 Å². The SMILES string of the molecule is COc1cc(C(=O)NC(c2cccs2)C(C)C)cc(Cl)c1OCC(N)=O. The molecule has 3 N–H and O–H groups in total. The molecule has 26 heavy (non-hydrogen) atoms. The zero-order valence-electron chi connectivity index (χ0n) is 14.7. The van der Waals surface area contributed by atoms with E-state index >= 15 is 0 Å². The van der Waals surface area contributed by atoms with Crippen LogP contribution in [0.4, 0.5) is 0 Å². The van der Waals surface area contributed by atoms with Crippen LogP contribution in [0.1, 0.15) is 35.1 Å². The van der Waals surface area contributed by atoms with Crippen molar-refractivity contribution in [3.05, 3.63) is 45.1 Å². The summed E-state index contributed by atoms with van der Waals surface area (Å²) in [6, 6.07) is 6.82. The third kappa shape index (κ3) is 4.89. The number of amides is 2. The molecule has 1 aromatic carbocycles. The van der Waals surface area contributed by atoms with Gasteiger partial charge in [-0.2, -0.15) is 0 Å². The van der Waals surface area contributed by atoms with Crippen molar-refractivity contribution in [3.63, 3.8) is 0 Å². The number of ether oxygens (including phenoxy) is 2. The zero-order valence-corrected chi connectivity index (χ0v) is 16.3. The number of rotatable bonds is 8. The van der Waals surface area contributed by atoms with Gasteiger partial charge in [0, 0.05) is 10.4 Å². The van der Waals surface area contributed by atoms with E-state index in [0.29, 0.717) is 5.56 Å². The third-order valence-electron chi connectivity index (χ3n) is 3.65. The first-order valence-corrected chi connectivity index (χ1v) is 9.22. The summed E-state index contributed by atoms with van der Waals surface area (Å²) in [5.74, 6) is -0.281. The second kappa shape index (κ2) is 8.91. The molecule has 0 saturated carbocycles. The molecular formula is C18H21ClN2O4S. The molecular weight excluding hydrogens is 376 g/mol.